The van der Waals surface area contributed by atoms with Gasteiger partial charge in [0.2, 0.25) is 5.91 Å². The van der Waals surface area contributed by atoms with E-state index >= 15 is 0 Å². The van der Waals surface area contributed by atoms with Crippen LogP contribution in [0, 0.1) is 12.7 Å². The second-order valence-electron chi connectivity index (χ2n) is 4.68. The van der Waals surface area contributed by atoms with Crippen LogP contribution in [-0.4, -0.2) is 28.4 Å². The molecule has 0 saturated carbocycles. The highest BCUT2D eigenvalue weighted by atomic mass is 32.2. The van der Waals surface area contributed by atoms with Gasteiger partial charge in [-0.3, -0.25) is 9.79 Å². The van der Waals surface area contributed by atoms with Crippen LogP contribution >= 0.6 is 11.8 Å². The molecule has 2 heterocycles. The quantitative estimate of drug-likeness (QED) is 0.892. The molecule has 0 radical (unpaired) electrons. The molecular weight excluding hydrogens is 277 g/mol. The molecule has 2 N–H and O–H groups in total. The summed E-state index contributed by atoms with van der Waals surface area (Å²) in [7, 11) is 0. The molecular formula is C14H14FN3OS. The molecule has 1 aliphatic heterocycles. The molecule has 0 atom stereocenters. The Bertz CT molecular complexity index is 708. The van der Waals surface area contributed by atoms with E-state index in [9.17, 15) is 9.18 Å². The number of halogens is 1. The summed E-state index contributed by atoms with van der Waals surface area (Å²) in [5, 5.41) is 4.23. The van der Waals surface area contributed by atoms with Crippen LogP contribution in [0.5, 0.6) is 0 Å². The first-order chi connectivity index (χ1) is 9.63. The maximum atomic E-state index is 13.4. The Morgan fingerprint density at radius 1 is 1.55 bits per heavy atom. The summed E-state index contributed by atoms with van der Waals surface area (Å²) in [5.74, 6) is 0.493. The SMILES string of the molecule is Cc1[nH]c2ccc(F)cc2c1CC(=O)NC1=NCCS1. The molecule has 1 aliphatic rings. The Hall–Kier alpha value is -1.82. The summed E-state index contributed by atoms with van der Waals surface area (Å²) in [6.45, 7) is 2.64. The van der Waals surface area contributed by atoms with Crippen molar-refractivity contribution in [3.63, 3.8) is 0 Å². The van der Waals surface area contributed by atoms with Crippen molar-refractivity contribution in [3.05, 3.63) is 35.3 Å². The van der Waals surface area contributed by atoms with Crippen molar-refractivity contribution in [2.75, 3.05) is 12.3 Å². The van der Waals surface area contributed by atoms with Gasteiger partial charge in [-0.15, -0.1) is 0 Å². The first-order valence-corrected chi connectivity index (χ1v) is 7.36. The molecule has 0 unspecified atom stereocenters. The van der Waals surface area contributed by atoms with Crippen LogP contribution in [0.4, 0.5) is 4.39 Å². The molecule has 3 rings (SSSR count). The Balaban J connectivity index is 1.84. The van der Waals surface area contributed by atoms with E-state index < -0.39 is 0 Å². The number of carbonyl (C=O) groups excluding carboxylic acids is 1. The number of aromatic nitrogens is 1. The molecule has 1 aromatic carbocycles. The number of benzene rings is 1. The summed E-state index contributed by atoms with van der Waals surface area (Å²) < 4.78 is 13.4. The average molecular weight is 291 g/mol. The fourth-order valence-electron chi connectivity index (χ4n) is 2.32. The molecule has 1 amide bonds. The van der Waals surface area contributed by atoms with Gasteiger partial charge in [-0.05, 0) is 30.7 Å². The maximum Gasteiger partial charge on any atom is 0.230 e. The molecule has 0 saturated heterocycles. The molecule has 20 heavy (non-hydrogen) atoms. The van der Waals surface area contributed by atoms with Gasteiger partial charge in [0.25, 0.3) is 0 Å². The highest BCUT2D eigenvalue weighted by Crippen LogP contribution is 2.23. The number of aryl methyl sites for hydroxylation is 1. The highest BCUT2D eigenvalue weighted by Gasteiger charge is 2.15. The smallest absolute Gasteiger partial charge is 0.230 e. The van der Waals surface area contributed by atoms with Crippen LogP contribution < -0.4 is 5.32 Å². The van der Waals surface area contributed by atoms with Gasteiger partial charge < -0.3 is 10.3 Å². The largest absolute Gasteiger partial charge is 0.358 e. The zero-order valence-electron chi connectivity index (χ0n) is 11.0. The molecule has 1 aromatic heterocycles. The van der Waals surface area contributed by atoms with E-state index in [1.54, 1.807) is 17.8 Å². The zero-order valence-corrected chi connectivity index (χ0v) is 11.8. The third-order valence-electron chi connectivity index (χ3n) is 3.25. The van der Waals surface area contributed by atoms with Crippen molar-refractivity contribution < 1.29 is 9.18 Å². The fourth-order valence-corrected chi connectivity index (χ4v) is 3.06. The number of hydrogen-bond acceptors (Lipinski definition) is 3. The van der Waals surface area contributed by atoms with Crippen molar-refractivity contribution >= 4 is 33.7 Å². The minimum absolute atomic E-state index is 0.119. The summed E-state index contributed by atoms with van der Waals surface area (Å²) in [6.07, 6.45) is 0.217. The first kappa shape index (κ1) is 13.2. The van der Waals surface area contributed by atoms with Crippen molar-refractivity contribution in [2.24, 2.45) is 4.99 Å². The van der Waals surface area contributed by atoms with E-state index in [0.717, 1.165) is 34.5 Å². The van der Waals surface area contributed by atoms with Gasteiger partial charge in [0, 0.05) is 22.3 Å². The van der Waals surface area contributed by atoms with Crippen LogP contribution in [0.1, 0.15) is 11.3 Å². The van der Waals surface area contributed by atoms with Gasteiger partial charge in [-0.1, -0.05) is 11.8 Å². The number of aromatic amines is 1. The second-order valence-corrected chi connectivity index (χ2v) is 5.76. The van der Waals surface area contributed by atoms with E-state index in [4.69, 9.17) is 0 Å². The Morgan fingerprint density at radius 2 is 2.40 bits per heavy atom. The predicted octanol–water partition coefficient (Wildman–Crippen LogP) is 2.38. The minimum Gasteiger partial charge on any atom is -0.358 e. The zero-order chi connectivity index (χ0) is 14.1. The van der Waals surface area contributed by atoms with Crippen molar-refractivity contribution in [3.8, 4) is 0 Å². The fraction of sp³-hybridized carbons (Fsp3) is 0.286. The number of fused-ring (bicyclic) bond motifs is 1. The molecule has 0 aliphatic carbocycles. The van der Waals surface area contributed by atoms with Crippen molar-refractivity contribution in [1.29, 1.82) is 0 Å². The molecule has 2 aromatic rings. The first-order valence-electron chi connectivity index (χ1n) is 6.37. The predicted molar refractivity (Wildman–Crippen MR) is 79.6 cm³/mol. The molecule has 4 nitrogen and oxygen atoms in total. The number of rotatable bonds is 2. The maximum absolute atomic E-state index is 13.4. The van der Waals surface area contributed by atoms with Gasteiger partial charge in [-0.2, -0.15) is 0 Å². The van der Waals surface area contributed by atoms with Crippen LogP contribution in [0.3, 0.4) is 0 Å². The van der Waals surface area contributed by atoms with Gasteiger partial charge in [0.1, 0.15) is 5.82 Å². The van der Waals surface area contributed by atoms with Crippen LogP contribution in [-0.2, 0) is 11.2 Å². The molecule has 0 spiro atoms. The summed E-state index contributed by atoms with van der Waals surface area (Å²) in [4.78, 5) is 19.4. The normalized spacial score (nSPS) is 14.6. The van der Waals surface area contributed by atoms with Crippen molar-refractivity contribution in [1.82, 2.24) is 10.3 Å². The van der Waals surface area contributed by atoms with Gasteiger partial charge in [-0.25, -0.2) is 4.39 Å². The number of carbonyl (C=O) groups is 1. The number of amidine groups is 1. The standard InChI is InChI=1S/C14H14FN3OS/c1-8-10(7-13(19)18-14-16-4-5-20-14)11-6-9(15)2-3-12(11)17-8/h2-3,6,17H,4-5,7H2,1H3,(H,16,18,19). The number of thioether (sulfide) groups is 1. The minimum atomic E-state index is -0.297. The Labute approximate surface area is 119 Å². The number of nitrogens with zero attached hydrogens (tertiary/aromatic N) is 1. The number of hydrogen-bond donors (Lipinski definition) is 2. The lowest BCUT2D eigenvalue weighted by Crippen LogP contribution is -2.28. The number of amides is 1. The lowest BCUT2D eigenvalue weighted by atomic mass is 10.1. The van der Waals surface area contributed by atoms with E-state index in [1.165, 1.54) is 12.1 Å². The van der Waals surface area contributed by atoms with Gasteiger partial charge >= 0.3 is 0 Å². The molecule has 0 bridgehead atoms. The Kier molecular flexibility index (Phi) is 3.48. The summed E-state index contributed by atoms with van der Waals surface area (Å²) in [5.41, 5.74) is 2.57. The Morgan fingerprint density at radius 3 is 3.15 bits per heavy atom. The average Bonchev–Trinajstić information content (AvgIpc) is 3.00. The van der Waals surface area contributed by atoms with E-state index in [-0.39, 0.29) is 18.1 Å². The second kappa shape index (κ2) is 5.28. The highest BCUT2D eigenvalue weighted by molar-refractivity contribution is 8.14. The van der Waals surface area contributed by atoms with Crippen molar-refractivity contribution in [2.45, 2.75) is 13.3 Å². The van der Waals surface area contributed by atoms with E-state index in [1.807, 2.05) is 6.92 Å². The lowest BCUT2D eigenvalue weighted by Gasteiger charge is -2.04. The number of aliphatic imine (C=N–C) groups is 1. The van der Waals surface area contributed by atoms with Crippen LogP contribution in [0.15, 0.2) is 23.2 Å². The summed E-state index contributed by atoms with van der Waals surface area (Å²) >= 11 is 1.54. The third kappa shape index (κ3) is 2.56. The van der Waals surface area contributed by atoms with E-state index in [2.05, 4.69) is 15.3 Å². The lowest BCUT2D eigenvalue weighted by molar-refractivity contribution is -0.118. The monoisotopic (exact) mass is 291 g/mol. The summed E-state index contributed by atoms with van der Waals surface area (Å²) in [6, 6.07) is 4.56. The van der Waals surface area contributed by atoms with Gasteiger partial charge in [0.05, 0.1) is 13.0 Å². The van der Waals surface area contributed by atoms with Crippen LogP contribution in [0.2, 0.25) is 0 Å². The molecule has 104 valence electrons. The third-order valence-corrected chi connectivity index (χ3v) is 4.14. The van der Waals surface area contributed by atoms with E-state index in [0.29, 0.717) is 5.17 Å². The number of nitrogens with one attached hydrogen (secondary N) is 2. The van der Waals surface area contributed by atoms with Gasteiger partial charge in [0.15, 0.2) is 5.17 Å². The van der Waals surface area contributed by atoms with Crippen LogP contribution in [0.25, 0.3) is 10.9 Å². The molecule has 0 fully saturated rings. The number of H-pyrrole nitrogens is 1. The topological polar surface area (TPSA) is 57.2 Å². The molecule has 6 heteroatoms.